The fourth-order valence-corrected chi connectivity index (χ4v) is 2.82. The predicted molar refractivity (Wildman–Crippen MR) is 113 cm³/mol. The zero-order valence-electron chi connectivity index (χ0n) is 17.4. The highest BCUT2D eigenvalue weighted by Crippen LogP contribution is 2.08. The van der Waals surface area contributed by atoms with E-state index in [1.54, 1.807) is 0 Å². The molecule has 0 heterocycles. The minimum absolute atomic E-state index is 0.0648. The Kier molecular flexibility index (Phi) is 14.6. The third-order valence-electron chi connectivity index (χ3n) is 4.51. The third-order valence-corrected chi connectivity index (χ3v) is 4.51. The number of carbonyl (C=O) groups excluding carboxylic acids is 2. The minimum Gasteiger partial charge on any atom is -0.465 e. The van der Waals surface area contributed by atoms with E-state index in [1.165, 1.54) is 44.9 Å². The number of hydrogen-bond donors (Lipinski definition) is 0. The van der Waals surface area contributed by atoms with Crippen molar-refractivity contribution < 1.29 is 19.1 Å². The molecular formula is C24H36O4. The molecule has 0 spiro atoms. The van der Waals surface area contributed by atoms with Crippen LogP contribution in [-0.2, 0) is 25.5 Å². The first-order chi connectivity index (χ1) is 13.7. The van der Waals surface area contributed by atoms with Crippen molar-refractivity contribution in [1.82, 2.24) is 0 Å². The summed E-state index contributed by atoms with van der Waals surface area (Å²) in [5.74, 6) is -0.719. The van der Waals surface area contributed by atoms with Crippen molar-refractivity contribution >= 4 is 11.9 Å². The van der Waals surface area contributed by atoms with Gasteiger partial charge in [-0.2, -0.15) is 0 Å². The van der Waals surface area contributed by atoms with Gasteiger partial charge in [-0.25, -0.2) is 0 Å². The summed E-state index contributed by atoms with van der Waals surface area (Å²) < 4.78 is 10.3. The first-order valence-electron chi connectivity index (χ1n) is 10.7. The highest BCUT2D eigenvalue weighted by Gasteiger charge is 2.08. The lowest BCUT2D eigenvalue weighted by molar-refractivity contribution is -0.149. The molecule has 1 aromatic rings. The molecule has 0 bridgehead atoms. The summed E-state index contributed by atoms with van der Waals surface area (Å²) in [4.78, 5) is 23.3. The number of rotatable bonds is 16. The first kappa shape index (κ1) is 23.9. The number of unbranched alkanes of at least 4 members (excludes halogenated alkanes) is 7. The van der Waals surface area contributed by atoms with Gasteiger partial charge in [-0.15, -0.1) is 0 Å². The maximum atomic E-state index is 11.7. The summed E-state index contributed by atoms with van der Waals surface area (Å²) in [5.41, 5.74) is 1.12. The van der Waals surface area contributed by atoms with Crippen LogP contribution >= 0.6 is 0 Å². The van der Waals surface area contributed by atoms with Gasteiger partial charge in [0.25, 0.3) is 0 Å². The Balaban J connectivity index is 1.93. The summed E-state index contributed by atoms with van der Waals surface area (Å²) in [6.07, 6.45) is 14.9. The summed E-state index contributed by atoms with van der Waals surface area (Å²) in [7, 11) is 0. The molecule has 0 atom stereocenters. The summed E-state index contributed by atoms with van der Waals surface area (Å²) >= 11 is 0. The van der Waals surface area contributed by atoms with Crippen LogP contribution in [-0.4, -0.2) is 25.2 Å². The molecule has 0 saturated heterocycles. The SMILES string of the molecule is CCCCCCCCC/C=C/COC(=O)CCC(=O)OCCc1ccccc1. The summed E-state index contributed by atoms with van der Waals surface area (Å²) in [5, 5.41) is 0. The van der Waals surface area contributed by atoms with Gasteiger partial charge in [0.1, 0.15) is 6.61 Å². The van der Waals surface area contributed by atoms with Crippen molar-refractivity contribution in [3.63, 3.8) is 0 Å². The molecule has 0 aromatic heterocycles. The molecule has 0 saturated carbocycles. The van der Waals surface area contributed by atoms with Gasteiger partial charge in [-0.05, 0) is 18.4 Å². The van der Waals surface area contributed by atoms with E-state index in [4.69, 9.17) is 9.47 Å². The highest BCUT2D eigenvalue weighted by molar-refractivity contribution is 5.77. The predicted octanol–water partition coefficient (Wildman–Crippen LogP) is 5.79. The smallest absolute Gasteiger partial charge is 0.306 e. The molecule has 0 aliphatic carbocycles. The van der Waals surface area contributed by atoms with Gasteiger partial charge >= 0.3 is 11.9 Å². The van der Waals surface area contributed by atoms with Gasteiger partial charge in [0, 0.05) is 6.42 Å². The second-order valence-corrected chi connectivity index (χ2v) is 7.02. The Labute approximate surface area is 170 Å². The summed E-state index contributed by atoms with van der Waals surface area (Å²) in [6, 6.07) is 9.84. The molecule has 0 aliphatic heterocycles. The largest absolute Gasteiger partial charge is 0.465 e. The van der Waals surface area contributed by atoms with Crippen LogP contribution in [0.1, 0.15) is 76.7 Å². The highest BCUT2D eigenvalue weighted by atomic mass is 16.5. The van der Waals surface area contributed by atoms with Gasteiger partial charge in [0.2, 0.25) is 0 Å². The molecular weight excluding hydrogens is 352 g/mol. The minimum atomic E-state index is -0.361. The van der Waals surface area contributed by atoms with Crippen LogP contribution in [0.4, 0.5) is 0 Å². The molecule has 0 fully saturated rings. The summed E-state index contributed by atoms with van der Waals surface area (Å²) in [6.45, 7) is 2.84. The van der Waals surface area contributed by atoms with Crippen molar-refractivity contribution in [1.29, 1.82) is 0 Å². The fraction of sp³-hybridized carbons (Fsp3) is 0.583. The van der Waals surface area contributed by atoms with E-state index < -0.39 is 0 Å². The Bertz CT molecular complexity index is 551. The molecule has 0 radical (unpaired) electrons. The topological polar surface area (TPSA) is 52.6 Å². The second kappa shape index (κ2) is 17.0. The van der Waals surface area contributed by atoms with E-state index in [2.05, 4.69) is 13.0 Å². The van der Waals surface area contributed by atoms with Crippen molar-refractivity contribution in [3.8, 4) is 0 Å². The van der Waals surface area contributed by atoms with Crippen molar-refractivity contribution in [2.24, 2.45) is 0 Å². The molecule has 1 rings (SSSR count). The van der Waals surface area contributed by atoms with Gasteiger partial charge in [0.05, 0.1) is 19.4 Å². The average molecular weight is 389 g/mol. The molecule has 4 nitrogen and oxygen atoms in total. The molecule has 0 unspecified atom stereocenters. The van der Waals surface area contributed by atoms with Gasteiger partial charge in [-0.1, -0.05) is 87.9 Å². The van der Waals surface area contributed by atoms with Crippen molar-refractivity contribution in [2.45, 2.75) is 77.6 Å². The molecule has 156 valence electrons. The van der Waals surface area contributed by atoms with Gasteiger partial charge < -0.3 is 9.47 Å². The fourth-order valence-electron chi connectivity index (χ4n) is 2.82. The number of esters is 2. The second-order valence-electron chi connectivity index (χ2n) is 7.02. The maximum absolute atomic E-state index is 11.7. The average Bonchev–Trinajstić information content (AvgIpc) is 2.71. The lowest BCUT2D eigenvalue weighted by Gasteiger charge is -2.05. The van der Waals surface area contributed by atoms with Crippen LogP contribution in [0.25, 0.3) is 0 Å². The van der Waals surface area contributed by atoms with Crippen LogP contribution in [0, 0.1) is 0 Å². The molecule has 4 heteroatoms. The molecule has 1 aromatic carbocycles. The van der Waals surface area contributed by atoms with E-state index in [0.29, 0.717) is 13.0 Å². The number of benzene rings is 1. The zero-order valence-corrected chi connectivity index (χ0v) is 17.4. The molecule has 0 aliphatic rings. The third kappa shape index (κ3) is 14.0. The van der Waals surface area contributed by atoms with E-state index in [1.807, 2.05) is 36.4 Å². The number of carbonyl (C=O) groups is 2. The van der Waals surface area contributed by atoms with E-state index >= 15 is 0 Å². The van der Waals surface area contributed by atoms with Crippen LogP contribution in [0.15, 0.2) is 42.5 Å². The molecule has 0 amide bonds. The first-order valence-corrected chi connectivity index (χ1v) is 10.7. The van der Waals surface area contributed by atoms with Gasteiger partial charge in [0.15, 0.2) is 0 Å². The zero-order chi connectivity index (χ0) is 20.3. The van der Waals surface area contributed by atoms with E-state index in [9.17, 15) is 9.59 Å². The Hall–Kier alpha value is -2.10. The van der Waals surface area contributed by atoms with Crippen LogP contribution in [0.3, 0.4) is 0 Å². The standard InChI is InChI=1S/C24H36O4/c1-2-3-4-5-6-7-8-9-10-14-20-27-23(25)17-18-24(26)28-21-19-22-15-12-11-13-16-22/h10-16H,2-9,17-21H2,1H3/b14-10+. The molecule has 28 heavy (non-hydrogen) atoms. The van der Waals surface area contributed by atoms with Crippen molar-refractivity contribution in [2.75, 3.05) is 13.2 Å². The quantitative estimate of drug-likeness (QED) is 0.204. The van der Waals surface area contributed by atoms with Crippen LogP contribution in [0.2, 0.25) is 0 Å². The monoisotopic (exact) mass is 388 g/mol. The van der Waals surface area contributed by atoms with E-state index in [0.717, 1.165) is 12.0 Å². The normalized spacial score (nSPS) is 10.9. The van der Waals surface area contributed by atoms with E-state index in [-0.39, 0.29) is 31.4 Å². The Morgan fingerprint density at radius 2 is 1.46 bits per heavy atom. The Morgan fingerprint density at radius 1 is 0.821 bits per heavy atom. The van der Waals surface area contributed by atoms with Crippen molar-refractivity contribution in [3.05, 3.63) is 48.0 Å². The van der Waals surface area contributed by atoms with Crippen LogP contribution < -0.4 is 0 Å². The Morgan fingerprint density at radius 3 is 2.18 bits per heavy atom. The number of ether oxygens (including phenoxy) is 2. The lowest BCUT2D eigenvalue weighted by Crippen LogP contribution is -2.11. The number of allylic oxidation sites excluding steroid dienone is 1. The number of hydrogen-bond acceptors (Lipinski definition) is 4. The lowest BCUT2D eigenvalue weighted by atomic mass is 10.1. The maximum Gasteiger partial charge on any atom is 0.306 e. The van der Waals surface area contributed by atoms with Gasteiger partial charge in [-0.3, -0.25) is 9.59 Å². The molecule has 0 N–H and O–H groups in total. The van der Waals surface area contributed by atoms with Crippen LogP contribution in [0.5, 0.6) is 0 Å².